The summed E-state index contributed by atoms with van der Waals surface area (Å²) in [5.74, 6) is 0.108. The predicted octanol–water partition coefficient (Wildman–Crippen LogP) is 1.16. The number of nitrogens with two attached hydrogens (primary N) is 1. The quantitative estimate of drug-likeness (QED) is 0.870. The van der Waals surface area contributed by atoms with Crippen molar-refractivity contribution in [2.24, 2.45) is 0 Å². The molecule has 19 heavy (non-hydrogen) atoms. The molecule has 1 aromatic rings. The van der Waals surface area contributed by atoms with Crippen LogP contribution in [0, 0.1) is 0 Å². The maximum atomic E-state index is 12.2. The number of ether oxygens (including phenoxy) is 1. The first-order valence-corrected chi connectivity index (χ1v) is 7.76. The highest BCUT2D eigenvalue weighted by Crippen LogP contribution is 2.25. The molecule has 1 aliphatic rings. The van der Waals surface area contributed by atoms with Gasteiger partial charge in [0, 0.05) is 19.3 Å². The normalized spacial score (nSPS) is 23.7. The molecular weight excluding hydrogens is 290 g/mol. The summed E-state index contributed by atoms with van der Waals surface area (Å²) in [6.07, 6.45) is 3.65. The molecule has 6 nitrogen and oxygen atoms in total. The minimum atomic E-state index is -3.66. The first kappa shape index (κ1) is 14.5. The fourth-order valence-electron chi connectivity index (χ4n) is 2.19. The van der Waals surface area contributed by atoms with Gasteiger partial charge in [-0.3, -0.25) is 0 Å². The zero-order valence-electron chi connectivity index (χ0n) is 10.5. The van der Waals surface area contributed by atoms with Gasteiger partial charge >= 0.3 is 0 Å². The Morgan fingerprint density at radius 2 is 2.26 bits per heavy atom. The van der Waals surface area contributed by atoms with Gasteiger partial charge in [0.2, 0.25) is 10.0 Å². The van der Waals surface area contributed by atoms with E-state index in [1.807, 2.05) is 0 Å². The van der Waals surface area contributed by atoms with Crippen LogP contribution in [-0.4, -0.2) is 32.7 Å². The van der Waals surface area contributed by atoms with Gasteiger partial charge in [-0.25, -0.2) is 18.1 Å². The van der Waals surface area contributed by atoms with Gasteiger partial charge in [0.1, 0.15) is 10.7 Å². The van der Waals surface area contributed by atoms with E-state index in [0.29, 0.717) is 0 Å². The number of hydrogen-bond donors (Lipinski definition) is 2. The number of methoxy groups -OCH3 is 1. The lowest BCUT2D eigenvalue weighted by atomic mass is 10.2. The summed E-state index contributed by atoms with van der Waals surface area (Å²) >= 11 is 5.79. The van der Waals surface area contributed by atoms with Crippen molar-refractivity contribution in [3.8, 4) is 0 Å². The molecule has 2 rings (SSSR count). The lowest BCUT2D eigenvalue weighted by Gasteiger charge is -2.19. The molecule has 0 aliphatic heterocycles. The van der Waals surface area contributed by atoms with E-state index >= 15 is 0 Å². The maximum Gasteiger partial charge on any atom is 0.242 e. The van der Waals surface area contributed by atoms with Crippen molar-refractivity contribution in [1.82, 2.24) is 9.71 Å². The average Bonchev–Trinajstić information content (AvgIpc) is 2.79. The minimum absolute atomic E-state index is 0.00783. The Balaban J connectivity index is 2.20. The molecule has 1 saturated carbocycles. The second-order valence-corrected chi connectivity index (χ2v) is 6.59. The van der Waals surface area contributed by atoms with Crippen LogP contribution in [0.1, 0.15) is 19.3 Å². The topological polar surface area (TPSA) is 94.3 Å². The Kier molecular flexibility index (Phi) is 4.29. The van der Waals surface area contributed by atoms with E-state index < -0.39 is 10.0 Å². The van der Waals surface area contributed by atoms with Crippen LogP contribution in [0.15, 0.2) is 17.2 Å². The number of rotatable bonds is 4. The van der Waals surface area contributed by atoms with Gasteiger partial charge in [0.05, 0.1) is 11.1 Å². The summed E-state index contributed by atoms with van der Waals surface area (Å²) in [7, 11) is -2.08. The third-order valence-electron chi connectivity index (χ3n) is 3.22. The van der Waals surface area contributed by atoms with Crippen molar-refractivity contribution in [2.75, 3.05) is 12.8 Å². The van der Waals surface area contributed by atoms with Crippen molar-refractivity contribution in [2.45, 2.75) is 36.3 Å². The monoisotopic (exact) mass is 305 g/mol. The molecular formula is C11H16ClN3O3S. The van der Waals surface area contributed by atoms with Crippen LogP contribution in [0.25, 0.3) is 0 Å². The van der Waals surface area contributed by atoms with Gasteiger partial charge in [-0.05, 0) is 25.3 Å². The minimum Gasteiger partial charge on any atom is -0.382 e. The van der Waals surface area contributed by atoms with Crippen molar-refractivity contribution >= 4 is 27.4 Å². The van der Waals surface area contributed by atoms with Crippen LogP contribution in [0.3, 0.4) is 0 Å². The largest absolute Gasteiger partial charge is 0.382 e. The molecule has 8 heteroatoms. The molecule has 0 saturated heterocycles. The van der Waals surface area contributed by atoms with Crippen LogP contribution < -0.4 is 10.5 Å². The molecule has 0 radical (unpaired) electrons. The zero-order chi connectivity index (χ0) is 14.0. The van der Waals surface area contributed by atoms with Gasteiger partial charge in [0.15, 0.2) is 0 Å². The Morgan fingerprint density at radius 1 is 1.53 bits per heavy atom. The average molecular weight is 306 g/mol. The van der Waals surface area contributed by atoms with Crippen LogP contribution in [-0.2, 0) is 14.8 Å². The van der Waals surface area contributed by atoms with Crippen LogP contribution in [0.4, 0.5) is 5.82 Å². The fourth-order valence-corrected chi connectivity index (χ4v) is 3.69. The summed E-state index contributed by atoms with van der Waals surface area (Å²) < 4.78 is 32.3. The van der Waals surface area contributed by atoms with E-state index in [0.717, 1.165) is 19.3 Å². The van der Waals surface area contributed by atoms with E-state index in [4.69, 9.17) is 22.1 Å². The molecule has 1 fully saturated rings. The maximum absolute atomic E-state index is 12.2. The number of halogens is 1. The first-order chi connectivity index (χ1) is 8.94. The number of sulfonamides is 1. The summed E-state index contributed by atoms with van der Waals surface area (Å²) in [5.41, 5.74) is 5.46. The second kappa shape index (κ2) is 5.62. The summed E-state index contributed by atoms with van der Waals surface area (Å²) in [4.78, 5) is 3.76. The highest BCUT2D eigenvalue weighted by atomic mass is 35.5. The summed E-state index contributed by atoms with van der Waals surface area (Å²) in [6.45, 7) is 0. The molecule has 2 unspecified atom stereocenters. The SMILES string of the molecule is COC1CCCC1NS(=O)(=O)c1cnc(N)c(Cl)c1. The highest BCUT2D eigenvalue weighted by Gasteiger charge is 2.31. The van der Waals surface area contributed by atoms with Crippen LogP contribution >= 0.6 is 11.6 Å². The van der Waals surface area contributed by atoms with Gasteiger partial charge in [-0.15, -0.1) is 0 Å². The highest BCUT2D eigenvalue weighted by molar-refractivity contribution is 7.89. The molecule has 1 aliphatic carbocycles. The summed E-state index contributed by atoms with van der Waals surface area (Å²) in [6, 6.07) is 1.08. The zero-order valence-corrected chi connectivity index (χ0v) is 12.0. The standard InChI is InChI=1S/C11H16ClN3O3S/c1-18-10-4-2-3-9(10)15-19(16,17)7-5-8(12)11(13)14-6-7/h5-6,9-10,15H,2-4H2,1H3,(H2,13,14). The first-order valence-electron chi connectivity index (χ1n) is 5.90. The molecule has 0 amide bonds. The summed E-state index contributed by atoms with van der Waals surface area (Å²) in [5, 5.41) is 0.123. The lowest BCUT2D eigenvalue weighted by molar-refractivity contribution is 0.0916. The van der Waals surface area contributed by atoms with E-state index in [-0.39, 0.29) is 27.9 Å². The number of aromatic nitrogens is 1. The molecule has 3 N–H and O–H groups in total. The van der Waals surface area contributed by atoms with Crippen LogP contribution in [0.2, 0.25) is 5.02 Å². The molecule has 106 valence electrons. The van der Waals surface area contributed by atoms with Gasteiger partial charge in [-0.2, -0.15) is 0 Å². The van der Waals surface area contributed by atoms with Gasteiger partial charge < -0.3 is 10.5 Å². The number of hydrogen-bond acceptors (Lipinski definition) is 5. The molecule has 0 aromatic carbocycles. The van der Waals surface area contributed by atoms with E-state index in [2.05, 4.69) is 9.71 Å². The van der Waals surface area contributed by atoms with Crippen molar-refractivity contribution in [3.63, 3.8) is 0 Å². The third kappa shape index (κ3) is 3.17. The van der Waals surface area contributed by atoms with Gasteiger partial charge in [0.25, 0.3) is 0 Å². The number of anilines is 1. The van der Waals surface area contributed by atoms with E-state index in [1.54, 1.807) is 7.11 Å². The smallest absolute Gasteiger partial charge is 0.242 e. The molecule has 1 aromatic heterocycles. The Bertz CT molecular complexity index is 564. The van der Waals surface area contributed by atoms with Gasteiger partial charge in [-0.1, -0.05) is 11.6 Å². The number of nitrogen functional groups attached to an aromatic ring is 1. The predicted molar refractivity (Wildman–Crippen MR) is 72.4 cm³/mol. The lowest BCUT2D eigenvalue weighted by Crippen LogP contribution is -2.40. The van der Waals surface area contributed by atoms with E-state index in [1.165, 1.54) is 12.3 Å². The Labute approximate surface area is 117 Å². The van der Waals surface area contributed by atoms with Crippen molar-refractivity contribution in [1.29, 1.82) is 0 Å². The number of nitrogens with one attached hydrogen (secondary N) is 1. The Hall–Kier alpha value is -0.890. The second-order valence-electron chi connectivity index (χ2n) is 4.47. The fraction of sp³-hybridized carbons (Fsp3) is 0.545. The van der Waals surface area contributed by atoms with Crippen molar-refractivity contribution < 1.29 is 13.2 Å². The van der Waals surface area contributed by atoms with E-state index in [9.17, 15) is 8.42 Å². The molecule has 1 heterocycles. The third-order valence-corrected chi connectivity index (χ3v) is 4.98. The number of pyridine rings is 1. The Morgan fingerprint density at radius 3 is 2.89 bits per heavy atom. The van der Waals surface area contributed by atoms with Crippen molar-refractivity contribution in [3.05, 3.63) is 17.3 Å². The molecule has 0 spiro atoms. The van der Waals surface area contributed by atoms with Crippen LogP contribution in [0.5, 0.6) is 0 Å². The number of nitrogens with zero attached hydrogens (tertiary/aromatic N) is 1. The molecule has 0 bridgehead atoms. The molecule has 2 atom stereocenters.